The molecule has 13 atom stereocenters. The van der Waals surface area contributed by atoms with Crippen LogP contribution in [0.25, 0.3) is 0 Å². The first-order valence-corrected chi connectivity index (χ1v) is 60.4. The first-order chi connectivity index (χ1) is 71.7. The minimum absolute atomic E-state index is 0. The van der Waals surface area contributed by atoms with Crippen LogP contribution in [0.5, 0.6) is 0 Å². The van der Waals surface area contributed by atoms with Crippen molar-refractivity contribution in [1.29, 1.82) is 0 Å². The number of carboxylic acid groups (broad SMARTS) is 4. The molecule has 0 spiro atoms. The topological polar surface area (TPSA) is 175 Å². The normalized spacial score (nSPS) is 24.5. The van der Waals surface area contributed by atoms with E-state index in [0.717, 1.165) is 172 Å². The minimum atomic E-state index is -0.683. The van der Waals surface area contributed by atoms with Crippen LogP contribution in [0.15, 0.2) is 204 Å². The molecule has 8 aromatic rings. The number of thiophene rings is 2. The van der Waals surface area contributed by atoms with Gasteiger partial charge in [-0.25, -0.2) is 4.39 Å². The molecule has 8 aliphatic heterocycles. The van der Waals surface area contributed by atoms with E-state index in [9.17, 15) is 44.0 Å². The maximum atomic E-state index is 13.5. The van der Waals surface area contributed by atoms with E-state index in [2.05, 4.69) is 245 Å². The first kappa shape index (κ1) is 119. The Labute approximate surface area is 913 Å². The fraction of sp³-hybridized carbons (Fsp3) is 0.634. The van der Waals surface area contributed by atoms with Gasteiger partial charge in [0.2, 0.25) is 0 Å². The van der Waals surface area contributed by atoms with E-state index in [4.69, 9.17) is 0 Å². The third-order valence-electron chi connectivity index (χ3n) is 37.2. The first-order valence-electron chi connectivity index (χ1n) is 58.5. The number of hydrogen-bond acceptors (Lipinski definition) is 14. The van der Waals surface area contributed by atoms with Crippen LogP contribution in [0, 0.1) is 83.8 Å². The molecule has 8 saturated heterocycles. The maximum absolute atomic E-state index is 13.5. The average molecular weight is 2090 g/mol. The summed E-state index contributed by atoms with van der Waals surface area (Å²) in [5.74, 6) is 6.43. The highest BCUT2D eigenvalue weighted by Gasteiger charge is 2.49. The molecular weight excluding hydrogens is 1900 g/mol. The molecule has 19 rings (SSSR count). The molecule has 0 amide bonds. The molecule has 4 N–H and O–H groups in total. The Morgan fingerprint density at radius 3 is 0.960 bits per heavy atom. The molecular formula is C131H193FN8O8S2. The lowest BCUT2D eigenvalue weighted by molar-refractivity contribution is -0.146. The van der Waals surface area contributed by atoms with Crippen molar-refractivity contribution in [2.75, 3.05) is 131 Å². The quantitative estimate of drug-likeness (QED) is 0.0285. The van der Waals surface area contributed by atoms with Crippen molar-refractivity contribution in [3.8, 4) is 0 Å². The van der Waals surface area contributed by atoms with Gasteiger partial charge in [0.05, 0.1) is 0 Å². The predicted molar refractivity (Wildman–Crippen MR) is 621 cm³/mol. The number of halogens is 1. The van der Waals surface area contributed by atoms with E-state index < -0.39 is 29.9 Å². The van der Waals surface area contributed by atoms with Crippen molar-refractivity contribution in [1.82, 2.24) is 39.2 Å². The molecule has 0 unspecified atom stereocenters. The van der Waals surface area contributed by atoms with Gasteiger partial charge in [0.1, 0.15) is 30.0 Å². The van der Waals surface area contributed by atoms with Crippen LogP contribution in [0.1, 0.15) is 328 Å². The van der Waals surface area contributed by atoms with Crippen molar-refractivity contribution in [2.24, 2.45) is 71.0 Å². The van der Waals surface area contributed by atoms with Crippen molar-refractivity contribution < 1.29 is 44.0 Å². The number of carbonyl (C=O) groups is 4. The summed E-state index contributed by atoms with van der Waals surface area (Å²) in [6.45, 7) is 29.4. The fourth-order valence-corrected chi connectivity index (χ4v) is 30.3. The summed E-state index contributed by atoms with van der Waals surface area (Å²) in [6, 6.07) is 63.1. The van der Waals surface area contributed by atoms with Crippen LogP contribution in [-0.2, 0) is 38.4 Å². The lowest BCUT2D eigenvalue weighted by Crippen LogP contribution is -2.46. The van der Waals surface area contributed by atoms with Gasteiger partial charge < -0.3 is 40.0 Å². The average Bonchev–Trinajstić information content (AvgIpc) is 1.65. The van der Waals surface area contributed by atoms with E-state index >= 15 is 0 Å². The SMILES string of the molecule is C.C.C.C[C@H](CCC1CCN(C[C@H]2CN([C@@H](C(=O)O)C3CCCCC3)C[C@@H]2c2ccccc2)CC1)c1ccccc1.Cc1cc(CCCC2CCN(C[C@H]3CN([C@H](CC(C)C)C(=O)O)C[C@@H]3c3ccccc3)CC2)ccc1F.O=C(O)[C@@H](C1CCCCC1)N1C[C@@H](CN2CCC(CCCc3ccccc3)CC2)[C@H](c2ccsc2)C1.O=C(O)[C@@H](C1CCCCC1)N1C[C@H](CN2CCC(CCCc3ccccc3)CC2)[C@@H](c2ccsc2)C1. The second-order valence-corrected chi connectivity index (χ2v) is 49.4. The van der Waals surface area contributed by atoms with Gasteiger partial charge in [-0.3, -0.25) is 38.8 Å². The molecule has 11 fully saturated rings. The highest BCUT2D eigenvalue weighted by atomic mass is 32.1. The number of likely N-dealkylation sites (tertiary alicyclic amines) is 8. The number of benzene rings is 6. The van der Waals surface area contributed by atoms with E-state index in [0.29, 0.717) is 83.4 Å². The van der Waals surface area contributed by atoms with Gasteiger partial charge >= 0.3 is 23.9 Å². The lowest BCUT2D eigenvalue weighted by atomic mass is 9.83. The van der Waals surface area contributed by atoms with Gasteiger partial charge in [-0.15, -0.1) is 0 Å². The Bertz CT molecular complexity index is 4940. The summed E-state index contributed by atoms with van der Waals surface area (Å²) in [6.07, 6.45) is 42.2. The summed E-state index contributed by atoms with van der Waals surface area (Å²) in [5.41, 5.74) is 12.0. The fourth-order valence-electron chi connectivity index (χ4n) is 28.9. The summed E-state index contributed by atoms with van der Waals surface area (Å²) in [7, 11) is 0. The Morgan fingerprint density at radius 2 is 0.647 bits per heavy atom. The smallest absolute Gasteiger partial charge is 0.321 e. The van der Waals surface area contributed by atoms with Crippen LogP contribution in [0.3, 0.4) is 0 Å². The summed E-state index contributed by atoms with van der Waals surface area (Å²) >= 11 is 3.55. The van der Waals surface area contributed by atoms with Crippen molar-refractivity contribution in [3.05, 3.63) is 259 Å². The maximum Gasteiger partial charge on any atom is 0.321 e. The Morgan fingerprint density at radius 1 is 0.340 bits per heavy atom. The standard InChI is InChI=1S/C34H48N2O2.C32H45FN2O2.2C31H44N2O2S.3CH4/c1-26(28-11-5-2-6-12-28)17-18-27-19-21-35(22-20-27)23-31-24-36(25-32(31)29-13-7-3-8-14-29)33(34(37)38)30-15-9-4-10-16-30;1-23(2)18-31(32(36)37)35-21-28(29(22-35)27-10-5-4-6-11-27)20-34-16-14-25(15-17-34)8-7-9-26-12-13-30(33)24(3)19-26;2*34-31(35)30(26-12-5-2-6-13-26)33-21-28(29(22-33)27-16-19-36-23-27)20-32-17-14-25(15-18-32)11-7-10-24-8-3-1-4-9-24;;;/h2-3,5-8,11-14,26-27,30-33H,4,9-10,15-25H2,1H3,(H,37,38);4-6,10-13,19,23,25,28-29,31H,7-9,14-18,20-22H2,1-3H3,(H,36,37);2*1,3-4,8-9,16,19,23,25-26,28-30H,2,5-7,10-15,17-18,20-22H2,(H,34,35);3*1H4/t26-,31+,32-,33-;28-,29+,31+;28-,29+,30+;28-,29+,30-;;;/m1001.../s1. The van der Waals surface area contributed by atoms with Gasteiger partial charge in [-0.1, -0.05) is 284 Å². The summed E-state index contributed by atoms with van der Waals surface area (Å²) in [5, 5.41) is 49.7. The third kappa shape index (κ3) is 35.1. The predicted octanol–water partition coefficient (Wildman–Crippen LogP) is 28.4. The van der Waals surface area contributed by atoms with E-state index in [1.807, 2.05) is 19.1 Å². The molecule has 6 aromatic carbocycles. The number of hydrogen-bond donors (Lipinski definition) is 4. The number of rotatable bonds is 41. The van der Waals surface area contributed by atoms with Crippen LogP contribution in [0.2, 0.25) is 0 Å². The van der Waals surface area contributed by atoms with Crippen LogP contribution < -0.4 is 0 Å². The van der Waals surface area contributed by atoms with Gasteiger partial charge in [0.15, 0.2) is 0 Å². The van der Waals surface area contributed by atoms with Gasteiger partial charge in [0.25, 0.3) is 0 Å². The number of piperidine rings is 4. The Kier molecular flexibility index (Phi) is 49.0. The molecule has 824 valence electrons. The second kappa shape index (κ2) is 61.6. The van der Waals surface area contributed by atoms with Crippen molar-refractivity contribution >= 4 is 46.6 Å². The Balaban J connectivity index is 0.000000166. The van der Waals surface area contributed by atoms with Gasteiger partial charge in [-0.05, 0) is 374 Å². The number of aryl methyl sites for hydroxylation is 4. The van der Waals surface area contributed by atoms with E-state index in [1.54, 1.807) is 28.7 Å². The van der Waals surface area contributed by atoms with Crippen molar-refractivity contribution in [3.63, 3.8) is 0 Å². The molecule has 3 aliphatic carbocycles. The zero-order chi connectivity index (χ0) is 102. The molecule has 0 bridgehead atoms. The highest BCUT2D eigenvalue weighted by Crippen LogP contribution is 2.46. The molecule has 150 heavy (non-hydrogen) atoms. The summed E-state index contributed by atoms with van der Waals surface area (Å²) < 4.78 is 13.5. The summed E-state index contributed by atoms with van der Waals surface area (Å²) in [4.78, 5) is 69.6. The lowest BCUT2D eigenvalue weighted by Gasteiger charge is -2.35. The van der Waals surface area contributed by atoms with E-state index in [1.165, 1.54) is 251 Å². The monoisotopic (exact) mass is 2090 g/mol. The molecule has 3 saturated carbocycles. The molecule has 0 radical (unpaired) electrons. The van der Waals surface area contributed by atoms with Crippen LogP contribution in [-0.4, -0.2) is 239 Å². The third-order valence-corrected chi connectivity index (χ3v) is 38.6. The number of carboxylic acids is 4. The second-order valence-electron chi connectivity index (χ2n) is 47.8. The largest absolute Gasteiger partial charge is 0.480 e. The van der Waals surface area contributed by atoms with Crippen LogP contribution >= 0.6 is 22.7 Å². The molecule has 19 heteroatoms. The number of nitrogens with zero attached hydrogens (tertiary/aromatic N) is 8. The van der Waals surface area contributed by atoms with E-state index in [-0.39, 0.29) is 46.2 Å². The zero-order valence-corrected chi connectivity index (χ0v) is 91.5. The molecule has 11 aliphatic rings. The Hall–Kier alpha value is -7.79. The minimum Gasteiger partial charge on any atom is -0.480 e. The highest BCUT2D eigenvalue weighted by molar-refractivity contribution is 7.08. The van der Waals surface area contributed by atoms with Gasteiger partial charge in [0, 0.05) is 102 Å². The number of aliphatic carboxylic acids is 4. The molecule has 16 nitrogen and oxygen atoms in total. The van der Waals surface area contributed by atoms with Crippen molar-refractivity contribution in [2.45, 2.75) is 328 Å². The van der Waals surface area contributed by atoms with Gasteiger partial charge in [-0.2, -0.15) is 22.7 Å². The van der Waals surface area contributed by atoms with Crippen LogP contribution in [0.4, 0.5) is 4.39 Å². The molecule has 2 aromatic heterocycles. The zero-order valence-electron chi connectivity index (χ0n) is 89.8. The molecule has 10 heterocycles.